The highest BCUT2D eigenvalue weighted by atomic mass is 16.3. The van der Waals surface area contributed by atoms with Crippen molar-refractivity contribution in [1.29, 1.82) is 0 Å². The second kappa shape index (κ2) is 8.12. The van der Waals surface area contributed by atoms with E-state index < -0.39 is 0 Å². The zero-order valence-electron chi connectivity index (χ0n) is 11.2. The largest absolute Gasteiger partial charge is 0.396 e. The Morgan fingerprint density at radius 1 is 1.13 bits per heavy atom. The van der Waals surface area contributed by atoms with E-state index in [1.165, 1.54) is 12.8 Å². The van der Waals surface area contributed by atoms with Crippen LogP contribution in [0.4, 0.5) is 0 Å². The van der Waals surface area contributed by atoms with Crippen LogP contribution in [0.1, 0.15) is 40.5 Å². The molecule has 0 aliphatic heterocycles. The van der Waals surface area contributed by atoms with Crippen LogP contribution >= 0.6 is 0 Å². The Balaban J connectivity index is 3.66. The Hall–Kier alpha value is -0.0800. The summed E-state index contributed by atoms with van der Waals surface area (Å²) in [6, 6.07) is 0. The molecule has 0 aromatic heterocycles. The van der Waals surface area contributed by atoms with Crippen LogP contribution in [0, 0.1) is 17.8 Å². The van der Waals surface area contributed by atoms with Crippen molar-refractivity contribution < 1.29 is 5.11 Å². The average Bonchev–Trinajstić information content (AvgIpc) is 2.13. The second-order valence-electron chi connectivity index (χ2n) is 5.48. The van der Waals surface area contributed by atoms with Crippen LogP contribution in [0.3, 0.4) is 0 Å². The van der Waals surface area contributed by atoms with Gasteiger partial charge in [0.2, 0.25) is 0 Å². The number of rotatable bonds is 8. The SMILES string of the molecule is CC(C)CCCN(C)CC(CO)C(C)C. The molecule has 0 aromatic carbocycles. The van der Waals surface area contributed by atoms with E-state index in [2.05, 4.69) is 39.6 Å². The van der Waals surface area contributed by atoms with Gasteiger partial charge in [-0.15, -0.1) is 0 Å². The molecule has 1 atom stereocenters. The van der Waals surface area contributed by atoms with Crippen molar-refractivity contribution in [2.45, 2.75) is 40.5 Å². The molecule has 2 heteroatoms. The van der Waals surface area contributed by atoms with Crippen LogP contribution in [-0.4, -0.2) is 36.8 Å². The number of nitrogens with zero attached hydrogens (tertiary/aromatic N) is 1. The van der Waals surface area contributed by atoms with Gasteiger partial charge in [0, 0.05) is 13.2 Å². The Morgan fingerprint density at radius 2 is 1.73 bits per heavy atom. The van der Waals surface area contributed by atoms with Gasteiger partial charge in [-0.25, -0.2) is 0 Å². The van der Waals surface area contributed by atoms with Crippen molar-refractivity contribution in [2.24, 2.45) is 17.8 Å². The minimum absolute atomic E-state index is 0.312. The lowest BCUT2D eigenvalue weighted by atomic mass is 9.96. The molecule has 0 saturated heterocycles. The summed E-state index contributed by atoms with van der Waals surface area (Å²) in [5.74, 6) is 1.80. The van der Waals surface area contributed by atoms with E-state index in [9.17, 15) is 5.11 Å². The van der Waals surface area contributed by atoms with Gasteiger partial charge in [-0.1, -0.05) is 27.7 Å². The average molecular weight is 215 g/mol. The van der Waals surface area contributed by atoms with E-state index in [1.807, 2.05) is 0 Å². The minimum Gasteiger partial charge on any atom is -0.396 e. The molecule has 0 aliphatic rings. The van der Waals surface area contributed by atoms with Crippen molar-refractivity contribution in [3.8, 4) is 0 Å². The predicted octanol–water partition coefficient (Wildman–Crippen LogP) is 2.62. The van der Waals surface area contributed by atoms with E-state index >= 15 is 0 Å². The van der Waals surface area contributed by atoms with Crippen molar-refractivity contribution in [1.82, 2.24) is 4.90 Å². The maximum absolute atomic E-state index is 9.23. The minimum atomic E-state index is 0.312. The van der Waals surface area contributed by atoms with E-state index in [1.54, 1.807) is 0 Å². The summed E-state index contributed by atoms with van der Waals surface area (Å²) >= 11 is 0. The van der Waals surface area contributed by atoms with Crippen LogP contribution < -0.4 is 0 Å². The molecule has 0 aromatic rings. The molecule has 0 fully saturated rings. The fraction of sp³-hybridized carbons (Fsp3) is 1.00. The molecular weight excluding hydrogens is 186 g/mol. The molecule has 15 heavy (non-hydrogen) atoms. The standard InChI is InChI=1S/C13H29NO/c1-11(2)7-6-8-14(5)9-13(10-15)12(3)4/h11-13,15H,6-10H2,1-5H3. The van der Waals surface area contributed by atoms with Gasteiger partial charge in [-0.2, -0.15) is 0 Å². The first-order valence-electron chi connectivity index (χ1n) is 6.26. The zero-order valence-corrected chi connectivity index (χ0v) is 11.2. The third-order valence-corrected chi connectivity index (χ3v) is 3.04. The molecule has 0 rings (SSSR count). The maximum atomic E-state index is 9.23. The molecule has 0 amide bonds. The number of hydrogen-bond donors (Lipinski definition) is 1. The van der Waals surface area contributed by atoms with E-state index in [0.717, 1.165) is 19.0 Å². The van der Waals surface area contributed by atoms with Crippen LogP contribution in [0.2, 0.25) is 0 Å². The Morgan fingerprint density at radius 3 is 2.13 bits per heavy atom. The Bertz CT molecular complexity index is 145. The van der Waals surface area contributed by atoms with Gasteiger partial charge < -0.3 is 10.0 Å². The predicted molar refractivity (Wildman–Crippen MR) is 67.0 cm³/mol. The number of aliphatic hydroxyl groups is 1. The van der Waals surface area contributed by atoms with Crippen LogP contribution in [0.25, 0.3) is 0 Å². The smallest absolute Gasteiger partial charge is 0.0473 e. The summed E-state index contributed by atoms with van der Waals surface area (Å²) in [5, 5.41) is 9.23. The molecule has 0 aliphatic carbocycles. The first-order valence-corrected chi connectivity index (χ1v) is 6.26. The molecule has 92 valence electrons. The van der Waals surface area contributed by atoms with Crippen molar-refractivity contribution >= 4 is 0 Å². The summed E-state index contributed by atoms with van der Waals surface area (Å²) in [5.41, 5.74) is 0. The van der Waals surface area contributed by atoms with Crippen LogP contribution in [0.15, 0.2) is 0 Å². The van der Waals surface area contributed by atoms with Gasteiger partial charge in [-0.3, -0.25) is 0 Å². The normalized spacial score (nSPS) is 14.2. The lowest BCUT2D eigenvalue weighted by molar-refractivity contribution is 0.145. The summed E-state index contributed by atoms with van der Waals surface area (Å²) in [6.07, 6.45) is 2.57. The van der Waals surface area contributed by atoms with E-state index in [4.69, 9.17) is 0 Å². The van der Waals surface area contributed by atoms with Gasteiger partial charge >= 0.3 is 0 Å². The second-order valence-corrected chi connectivity index (χ2v) is 5.48. The summed E-state index contributed by atoms with van der Waals surface area (Å²) in [4.78, 5) is 2.35. The topological polar surface area (TPSA) is 23.5 Å². The fourth-order valence-corrected chi connectivity index (χ4v) is 1.74. The monoisotopic (exact) mass is 215 g/mol. The number of aliphatic hydroxyl groups excluding tert-OH is 1. The molecule has 2 nitrogen and oxygen atoms in total. The van der Waals surface area contributed by atoms with Gasteiger partial charge in [-0.05, 0) is 44.2 Å². The highest BCUT2D eigenvalue weighted by molar-refractivity contribution is 4.66. The fourth-order valence-electron chi connectivity index (χ4n) is 1.74. The molecule has 1 N–H and O–H groups in total. The third-order valence-electron chi connectivity index (χ3n) is 3.04. The Labute approximate surface area is 95.7 Å². The van der Waals surface area contributed by atoms with Gasteiger partial charge in [0.15, 0.2) is 0 Å². The van der Waals surface area contributed by atoms with Crippen molar-refractivity contribution in [3.63, 3.8) is 0 Å². The van der Waals surface area contributed by atoms with Crippen LogP contribution in [0.5, 0.6) is 0 Å². The quantitative estimate of drug-likeness (QED) is 0.673. The van der Waals surface area contributed by atoms with Crippen molar-refractivity contribution in [3.05, 3.63) is 0 Å². The molecule has 0 bridgehead atoms. The third kappa shape index (κ3) is 7.80. The van der Waals surface area contributed by atoms with E-state index in [-0.39, 0.29) is 0 Å². The zero-order chi connectivity index (χ0) is 11.8. The lowest BCUT2D eigenvalue weighted by Crippen LogP contribution is -2.31. The first-order chi connectivity index (χ1) is 6.97. The molecule has 0 heterocycles. The highest BCUT2D eigenvalue weighted by Crippen LogP contribution is 2.12. The highest BCUT2D eigenvalue weighted by Gasteiger charge is 2.14. The van der Waals surface area contributed by atoms with Gasteiger partial charge in [0.25, 0.3) is 0 Å². The Kier molecular flexibility index (Phi) is 8.07. The number of hydrogen-bond acceptors (Lipinski definition) is 2. The molecule has 0 spiro atoms. The van der Waals surface area contributed by atoms with Gasteiger partial charge in [0.1, 0.15) is 0 Å². The van der Waals surface area contributed by atoms with Gasteiger partial charge in [0.05, 0.1) is 0 Å². The molecular formula is C13H29NO. The van der Waals surface area contributed by atoms with Crippen LogP contribution in [-0.2, 0) is 0 Å². The summed E-state index contributed by atoms with van der Waals surface area (Å²) < 4.78 is 0. The first kappa shape index (κ1) is 14.9. The van der Waals surface area contributed by atoms with Crippen molar-refractivity contribution in [2.75, 3.05) is 26.7 Å². The molecule has 1 unspecified atom stereocenters. The lowest BCUT2D eigenvalue weighted by Gasteiger charge is -2.25. The molecule has 0 radical (unpaired) electrons. The van der Waals surface area contributed by atoms with E-state index in [0.29, 0.717) is 18.4 Å². The summed E-state index contributed by atoms with van der Waals surface area (Å²) in [7, 11) is 2.16. The molecule has 0 saturated carbocycles. The summed E-state index contributed by atoms with van der Waals surface area (Å²) in [6.45, 7) is 11.4. The maximum Gasteiger partial charge on any atom is 0.0473 e.